The van der Waals surface area contributed by atoms with Crippen LogP contribution in [0.25, 0.3) is 11.0 Å². The van der Waals surface area contributed by atoms with E-state index in [2.05, 4.69) is 4.98 Å². The predicted molar refractivity (Wildman–Crippen MR) is 105 cm³/mol. The lowest BCUT2D eigenvalue weighted by Crippen LogP contribution is -2.18. The van der Waals surface area contributed by atoms with Gasteiger partial charge in [0.25, 0.3) is 0 Å². The summed E-state index contributed by atoms with van der Waals surface area (Å²) in [6.45, 7) is 1.36. The molecule has 0 fully saturated rings. The molecule has 0 N–H and O–H groups in total. The van der Waals surface area contributed by atoms with E-state index in [4.69, 9.17) is 0 Å². The smallest absolute Gasteiger partial charge is 0.208 e. The minimum Gasteiger partial charge on any atom is -0.330 e. The van der Waals surface area contributed by atoms with E-state index in [0.29, 0.717) is 17.6 Å². The second kappa shape index (κ2) is 8.81. The van der Waals surface area contributed by atoms with Crippen LogP contribution in [0.2, 0.25) is 0 Å². The third-order valence-corrected chi connectivity index (χ3v) is 5.56. The number of fused-ring (bicyclic) bond motifs is 1. The molecule has 0 saturated carbocycles. The van der Waals surface area contributed by atoms with Gasteiger partial charge in [-0.1, -0.05) is 6.07 Å². The van der Waals surface area contributed by atoms with Crippen LogP contribution < -0.4 is 0 Å². The van der Waals surface area contributed by atoms with Crippen molar-refractivity contribution >= 4 is 45.7 Å². The van der Waals surface area contributed by atoms with E-state index in [-0.39, 0.29) is 34.6 Å². The monoisotopic (exact) mass is 419 g/mol. The van der Waals surface area contributed by atoms with Gasteiger partial charge in [-0.05, 0) is 44.4 Å². The maximum Gasteiger partial charge on any atom is 0.208 e. The van der Waals surface area contributed by atoms with Crippen LogP contribution in [0.1, 0.15) is 0 Å². The average molecular weight is 420 g/mol. The van der Waals surface area contributed by atoms with Crippen LogP contribution in [-0.4, -0.2) is 43.5 Å². The van der Waals surface area contributed by atoms with Gasteiger partial charge in [-0.25, -0.2) is 17.8 Å². The van der Waals surface area contributed by atoms with Gasteiger partial charge in [0, 0.05) is 30.9 Å². The molecule has 1 aromatic carbocycles. The van der Waals surface area contributed by atoms with E-state index in [1.54, 1.807) is 24.5 Å². The summed E-state index contributed by atoms with van der Waals surface area (Å²) in [5.41, 5.74) is 0.606. The number of aromatic nitrogens is 2. The first kappa shape index (κ1) is 22.4. The summed E-state index contributed by atoms with van der Waals surface area (Å²) in [6.07, 6.45) is 3.22. The molecule has 0 aliphatic carbocycles. The van der Waals surface area contributed by atoms with Gasteiger partial charge in [-0.3, -0.25) is 0 Å². The van der Waals surface area contributed by atoms with Crippen molar-refractivity contribution in [3.05, 3.63) is 54.6 Å². The molecule has 2 aromatic heterocycles. The van der Waals surface area contributed by atoms with Crippen LogP contribution >= 0.6 is 24.8 Å². The number of halogens is 3. The summed E-state index contributed by atoms with van der Waals surface area (Å²) in [7, 11) is 0.0756. The normalized spacial score (nSPS) is 11.2. The molecular weight excluding hydrogens is 400 g/mol. The van der Waals surface area contributed by atoms with Crippen LogP contribution in [0.15, 0.2) is 58.6 Å². The largest absolute Gasteiger partial charge is 0.330 e. The molecule has 9 heteroatoms. The number of pyridine rings is 1. The fourth-order valence-corrected chi connectivity index (χ4v) is 4.04. The maximum absolute atomic E-state index is 13.5. The van der Waals surface area contributed by atoms with Crippen molar-refractivity contribution in [1.29, 1.82) is 0 Å². The molecule has 26 heavy (non-hydrogen) atoms. The second-order valence-electron chi connectivity index (χ2n) is 5.83. The molecule has 142 valence electrons. The Morgan fingerprint density at radius 3 is 2.54 bits per heavy atom. The minimum atomic E-state index is -3.82. The van der Waals surface area contributed by atoms with Gasteiger partial charge in [0.2, 0.25) is 9.84 Å². The van der Waals surface area contributed by atoms with Crippen LogP contribution in [-0.2, 0) is 16.4 Å². The van der Waals surface area contributed by atoms with Crippen LogP contribution in [0.3, 0.4) is 0 Å². The molecule has 0 bridgehead atoms. The summed E-state index contributed by atoms with van der Waals surface area (Å²) in [5.74, 6) is -0.578. The molecule has 0 atom stereocenters. The Kier molecular flexibility index (Phi) is 7.58. The van der Waals surface area contributed by atoms with Gasteiger partial charge in [0.05, 0.1) is 9.79 Å². The second-order valence-corrected chi connectivity index (χ2v) is 7.74. The van der Waals surface area contributed by atoms with Crippen LogP contribution in [0.4, 0.5) is 4.39 Å². The van der Waals surface area contributed by atoms with Crippen LogP contribution in [0, 0.1) is 5.82 Å². The standard InChI is InChI=1S/C17H18FN3O2S.2ClH/c1-20(2)9-10-21-12-16(15-7-4-8-19-17(15)21)24(22,23)14-6-3-5-13(18)11-14;;/h3-8,11-12H,9-10H2,1-2H3;2*1H. The molecule has 0 aliphatic heterocycles. The van der Waals surface area contributed by atoms with E-state index in [1.165, 1.54) is 18.2 Å². The number of sulfone groups is 1. The van der Waals surface area contributed by atoms with Gasteiger partial charge in [0.15, 0.2) is 0 Å². The number of hydrogen-bond donors (Lipinski definition) is 0. The maximum atomic E-state index is 13.5. The fourth-order valence-electron chi connectivity index (χ4n) is 2.54. The van der Waals surface area contributed by atoms with Gasteiger partial charge in [0.1, 0.15) is 11.5 Å². The zero-order chi connectivity index (χ0) is 17.3. The zero-order valence-corrected chi connectivity index (χ0v) is 16.7. The summed E-state index contributed by atoms with van der Waals surface area (Å²) < 4.78 is 41.1. The Hall–Kier alpha value is -1.67. The Morgan fingerprint density at radius 2 is 1.88 bits per heavy atom. The minimum absolute atomic E-state index is 0. The predicted octanol–water partition coefficient (Wildman–Crippen LogP) is 3.41. The van der Waals surface area contributed by atoms with E-state index < -0.39 is 15.7 Å². The number of benzene rings is 1. The SMILES string of the molecule is CN(C)CCn1cc(S(=O)(=O)c2cccc(F)c2)c2cccnc21.Cl.Cl. The van der Waals surface area contributed by atoms with Gasteiger partial charge >= 0.3 is 0 Å². The first-order valence-corrected chi connectivity index (χ1v) is 8.97. The summed E-state index contributed by atoms with van der Waals surface area (Å²) in [5, 5.41) is 0.542. The quantitative estimate of drug-likeness (QED) is 0.635. The van der Waals surface area contributed by atoms with E-state index in [1.807, 2.05) is 23.6 Å². The molecule has 0 saturated heterocycles. The van der Waals surface area contributed by atoms with E-state index >= 15 is 0 Å². The van der Waals surface area contributed by atoms with Crippen molar-refractivity contribution in [3.8, 4) is 0 Å². The van der Waals surface area contributed by atoms with Crippen molar-refractivity contribution in [3.63, 3.8) is 0 Å². The van der Waals surface area contributed by atoms with E-state index in [0.717, 1.165) is 12.6 Å². The van der Waals surface area contributed by atoms with Crippen molar-refractivity contribution in [2.45, 2.75) is 16.3 Å². The highest BCUT2D eigenvalue weighted by molar-refractivity contribution is 7.91. The molecular formula is C17H20Cl2FN3O2S. The van der Waals surface area contributed by atoms with Crippen molar-refractivity contribution in [2.24, 2.45) is 0 Å². The van der Waals surface area contributed by atoms with Crippen molar-refractivity contribution in [2.75, 3.05) is 20.6 Å². The van der Waals surface area contributed by atoms with Gasteiger partial charge < -0.3 is 9.47 Å². The Labute approximate surface area is 164 Å². The van der Waals surface area contributed by atoms with Crippen molar-refractivity contribution < 1.29 is 12.8 Å². The number of likely N-dealkylation sites (N-methyl/N-ethyl adjacent to an activating group) is 1. The van der Waals surface area contributed by atoms with Crippen molar-refractivity contribution in [1.82, 2.24) is 14.5 Å². The fraction of sp³-hybridized carbons (Fsp3) is 0.235. The lowest BCUT2D eigenvalue weighted by Gasteiger charge is -2.10. The molecule has 0 aliphatic rings. The zero-order valence-electron chi connectivity index (χ0n) is 14.3. The Balaban J connectivity index is 0.00000169. The Morgan fingerprint density at radius 1 is 1.15 bits per heavy atom. The summed E-state index contributed by atoms with van der Waals surface area (Å²) in [4.78, 5) is 6.41. The topological polar surface area (TPSA) is 55.2 Å². The number of rotatable bonds is 5. The molecule has 0 spiro atoms. The lowest BCUT2D eigenvalue weighted by atomic mass is 10.3. The molecule has 0 radical (unpaired) electrons. The highest BCUT2D eigenvalue weighted by atomic mass is 35.5. The highest BCUT2D eigenvalue weighted by Gasteiger charge is 2.24. The molecule has 3 aromatic rings. The van der Waals surface area contributed by atoms with Gasteiger partial charge in [-0.2, -0.15) is 0 Å². The molecule has 2 heterocycles. The molecule has 3 rings (SSSR count). The number of nitrogens with zero attached hydrogens (tertiary/aromatic N) is 3. The molecule has 0 amide bonds. The Bertz CT molecular complexity index is 991. The summed E-state index contributed by atoms with van der Waals surface area (Å²) in [6, 6.07) is 8.48. The van der Waals surface area contributed by atoms with E-state index in [9.17, 15) is 12.8 Å². The third kappa shape index (κ3) is 4.35. The molecule has 0 unspecified atom stereocenters. The lowest BCUT2D eigenvalue weighted by molar-refractivity contribution is 0.386. The highest BCUT2D eigenvalue weighted by Crippen LogP contribution is 2.29. The first-order chi connectivity index (χ1) is 11.4. The van der Waals surface area contributed by atoms with Crippen LogP contribution in [0.5, 0.6) is 0 Å². The molecule has 5 nitrogen and oxygen atoms in total. The first-order valence-electron chi connectivity index (χ1n) is 7.49. The third-order valence-electron chi connectivity index (χ3n) is 3.78. The van der Waals surface area contributed by atoms with Gasteiger partial charge in [-0.15, -0.1) is 24.8 Å². The summed E-state index contributed by atoms with van der Waals surface area (Å²) >= 11 is 0. The number of hydrogen-bond acceptors (Lipinski definition) is 4. The average Bonchev–Trinajstić information content (AvgIpc) is 2.92.